The van der Waals surface area contributed by atoms with Gasteiger partial charge >= 0.3 is 0 Å². The van der Waals surface area contributed by atoms with Crippen LogP contribution in [0.25, 0.3) is 0 Å². The zero-order chi connectivity index (χ0) is 13.7. The number of nitrogens with zero attached hydrogens (tertiary/aromatic N) is 4. The van der Waals surface area contributed by atoms with Gasteiger partial charge < -0.3 is 15.2 Å². The van der Waals surface area contributed by atoms with Crippen LogP contribution in [0.1, 0.15) is 29.0 Å². The maximum absolute atomic E-state index is 12.1. The Bertz CT molecular complexity index is 523. The van der Waals surface area contributed by atoms with E-state index in [1.165, 1.54) is 11.3 Å². The normalized spacial score (nSPS) is 10.4. The van der Waals surface area contributed by atoms with Gasteiger partial charge in [0, 0.05) is 26.0 Å². The lowest BCUT2D eigenvalue weighted by molar-refractivity contribution is 0.0780. The number of hydrogen-bond donors (Lipinski definition) is 2. The standard InChI is InChI=1S/C11H16N6OS/c1-3-4-14-11-16-15-9(19-11)10(18)17(2)7-8-12-5-6-13-8/h5-6H,3-4,7H2,1-2H3,(H,12,13)(H,14,16). The SMILES string of the molecule is CCCNc1nnc(C(=O)N(C)Cc2ncc[nH]2)s1. The second-order valence-corrected chi connectivity index (χ2v) is 5.01. The first-order valence-electron chi connectivity index (χ1n) is 6.01. The number of carbonyl (C=O) groups excluding carboxylic acids is 1. The Morgan fingerprint density at radius 3 is 3.05 bits per heavy atom. The number of rotatable bonds is 6. The van der Waals surface area contributed by atoms with Crippen molar-refractivity contribution < 1.29 is 4.79 Å². The van der Waals surface area contributed by atoms with Gasteiger partial charge in [-0.3, -0.25) is 4.79 Å². The average molecular weight is 280 g/mol. The Morgan fingerprint density at radius 1 is 1.53 bits per heavy atom. The van der Waals surface area contributed by atoms with Crippen molar-refractivity contribution in [1.82, 2.24) is 25.1 Å². The summed E-state index contributed by atoms with van der Waals surface area (Å²) in [5.74, 6) is 0.586. The van der Waals surface area contributed by atoms with Gasteiger partial charge in [-0.25, -0.2) is 4.98 Å². The minimum atomic E-state index is -0.154. The number of hydrogen-bond acceptors (Lipinski definition) is 6. The van der Waals surface area contributed by atoms with E-state index in [9.17, 15) is 4.79 Å². The van der Waals surface area contributed by atoms with Crippen LogP contribution < -0.4 is 5.32 Å². The van der Waals surface area contributed by atoms with Gasteiger partial charge in [-0.05, 0) is 6.42 Å². The van der Waals surface area contributed by atoms with Crippen molar-refractivity contribution >= 4 is 22.4 Å². The van der Waals surface area contributed by atoms with E-state index in [-0.39, 0.29) is 5.91 Å². The van der Waals surface area contributed by atoms with Gasteiger partial charge in [0.15, 0.2) is 0 Å². The van der Waals surface area contributed by atoms with Gasteiger partial charge in [-0.1, -0.05) is 18.3 Å². The fraction of sp³-hybridized carbons (Fsp3) is 0.455. The molecular formula is C11H16N6OS. The Labute approximate surface area is 115 Å². The zero-order valence-corrected chi connectivity index (χ0v) is 11.7. The molecule has 0 saturated carbocycles. The van der Waals surface area contributed by atoms with Crippen LogP contribution >= 0.6 is 11.3 Å². The summed E-state index contributed by atoms with van der Waals surface area (Å²) in [6.45, 7) is 3.31. The molecule has 0 aliphatic heterocycles. The van der Waals surface area contributed by atoms with E-state index in [2.05, 4.69) is 32.4 Å². The molecule has 0 spiro atoms. The molecule has 0 bridgehead atoms. The lowest BCUT2D eigenvalue weighted by atomic mass is 10.5. The summed E-state index contributed by atoms with van der Waals surface area (Å²) in [5.41, 5.74) is 0. The number of carbonyl (C=O) groups is 1. The van der Waals surface area contributed by atoms with E-state index in [4.69, 9.17) is 0 Å². The van der Waals surface area contributed by atoms with Crippen molar-refractivity contribution in [2.75, 3.05) is 18.9 Å². The second kappa shape index (κ2) is 6.28. The number of aromatic amines is 1. The van der Waals surface area contributed by atoms with Crippen LogP contribution in [0.5, 0.6) is 0 Å². The molecule has 2 aromatic heterocycles. The number of imidazole rings is 1. The number of nitrogens with one attached hydrogen (secondary N) is 2. The van der Waals surface area contributed by atoms with Gasteiger partial charge in [0.1, 0.15) is 5.82 Å². The zero-order valence-electron chi connectivity index (χ0n) is 10.9. The molecule has 2 aromatic rings. The molecule has 0 aliphatic rings. The first-order valence-corrected chi connectivity index (χ1v) is 6.83. The molecule has 2 rings (SSSR count). The summed E-state index contributed by atoms with van der Waals surface area (Å²) in [4.78, 5) is 20.7. The second-order valence-electron chi connectivity index (χ2n) is 4.04. The lowest BCUT2D eigenvalue weighted by Gasteiger charge is -2.13. The predicted octanol–water partition coefficient (Wildman–Crippen LogP) is 1.36. The largest absolute Gasteiger partial charge is 0.360 e. The summed E-state index contributed by atoms with van der Waals surface area (Å²) >= 11 is 1.27. The number of aromatic nitrogens is 4. The average Bonchev–Trinajstić information content (AvgIpc) is 3.06. The fourth-order valence-corrected chi connectivity index (χ4v) is 2.22. The first kappa shape index (κ1) is 13.5. The molecule has 0 saturated heterocycles. The van der Waals surface area contributed by atoms with Crippen molar-refractivity contribution in [3.63, 3.8) is 0 Å². The maximum atomic E-state index is 12.1. The van der Waals surface area contributed by atoms with Gasteiger partial charge in [-0.15, -0.1) is 10.2 Å². The van der Waals surface area contributed by atoms with E-state index in [1.807, 2.05) is 0 Å². The molecule has 0 aromatic carbocycles. The van der Waals surface area contributed by atoms with Gasteiger partial charge in [0.25, 0.3) is 5.91 Å². The summed E-state index contributed by atoms with van der Waals surface area (Å²) in [6, 6.07) is 0. The van der Waals surface area contributed by atoms with Crippen molar-refractivity contribution in [2.45, 2.75) is 19.9 Å². The smallest absolute Gasteiger partial charge is 0.285 e. The molecule has 0 radical (unpaired) electrons. The molecule has 2 heterocycles. The maximum Gasteiger partial charge on any atom is 0.285 e. The highest BCUT2D eigenvalue weighted by Gasteiger charge is 2.17. The minimum Gasteiger partial charge on any atom is -0.360 e. The summed E-state index contributed by atoms with van der Waals surface area (Å²) in [6.07, 6.45) is 4.39. The third kappa shape index (κ3) is 3.50. The molecule has 8 heteroatoms. The minimum absolute atomic E-state index is 0.154. The predicted molar refractivity (Wildman–Crippen MR) is 73.1 cm³/mol. The number of anilines is 1. The Balaban J connectivity index is 1.96. The Morgan fingerprint density at radius 2 is 2.37 bits per heavy atom. The van der Waals surface area contributed by atoms with Crippen molar-refractivity contribution in [1.29, 1.82) is 0 Å². The summed E-state index contributed by atoms with van der Waals surface area (Å²) < 4.78 is 0. The monoisotopic (exact) mass is 280 g/mol. The molecule has 0 atom stereocenters. The van der Waals surface area contributed by atoms with Crippen LogP contribution in [-0.4, -0.2) is 44.6 Å². The van der Waals surface area contributed by atoms with E-state index >= 15 is 0 Å². The van der Waals surface area contributed by atoms with Crippen molar-refractivity contribution in [3.05, 3.63) is 23.2 Å². The molecule has 1 amide bonds. The lowest BCUT2D eigenvalue weighted by Crippen LogP contribution is -2.26. The highest BCUT2D eigenvalue weighted by molar-refractivity contribution is 7.17. The van der Waals surface area contributed by atoms with Crippen LogP contribution in [0, 0.1) is 0 Å². The molecular weight excluding hydrogens is 264 g/mol. The van der Waals surface area contributed by atoms with Gasteiger partial charge in [0.2, 0.25) is 10.1 Å². The van der Waals surface area contributed by atoms with E-state index in [1.54, 1.807) is 24.3 Å². The first-order chi connectivity index (χ1) is 9.20. The number of H-pyrrole nitrogens is 1. The highest BCUT2D eigenvalue weighted by Crippen LogP contribution is 2.16. The van der Waals surface area contributed by atoms with Crippen LogP contribution in [0.3, 0.4) is 0 Å². The molecule has 19 heavy (non-hydrogen) atoms. The summed E-state index contributed by atoms with van der Waals surface area (Å²) in [7, 11) is 1.71. The van der Waals surface area contributed by atoms with Crippen molar-refractivity contribution in [3.8, 4) is 0 Å². The Hall–Kier alpha value is -1.96. The van der Waals surface area contributed by atoms with E-state index in [0.717, 1.165) is 18.8 Å². The van der Waals surface area contributed by atoms with Crippen LogP contribution in [-0.2, 0) is 6.54 Å². The topological polar surface area (TPSA) is 86.8 Å². The third-order valence-electron chi connectivity index (χ3n) is 2.42. The molecule has 0 aliphatic carbocycles. The summed E-state index contributed by atoms with van der Waals surface area (Å²) in [5, 5.41) is 12.0. The number of amides is 1. The molecule has 102 valence electrons. The van der Waals surface area contributed by atoms with Crippen molar-refractivity contribution in [2.24, 2.45) is 0 Å². The molecule has 0 unspecified atom stereocenters. The fourth-order valence-electron chi connectivity index (χ4n) is 1.46. The third-order valence-corrected chi connectivity index (χ3v) is 3.29. The molecule has 7 nitrogen and oxygen atoms in total. The molecule has 0 fully saturated rings. The van der Waals surface area contributed by atoms with E-state index < -0.39 is 0 Å². The van der Waals surface area contributed by atoms with Crippen LogP contribution in [0.15, 0.2) is 12.4 Å². The van der Waals surface area contributed by atoms with Crippen LogP contribution in [0.2, 0.25) is 0 Å². The van der Waals surface area contributed by atoms with Gasteiger partial charge in [0.05, 0.1) is 6.54 Å². The van der Waals surface area contributed by atoms with Gasteiger partial charge in [-0.2, -0.15) is 0 Å². The molecule has 2 N–H and O–H groups in total. The van der Waals surface area contributed by atoms with Crippen LogP contribution in [0.4, 0.5) is 5.13 Å². The quantitative estimate of drug-likeness (QED) is 0.834. The highest BCUT2D eigenvalue weighted by atomic mass is 32.1. The Kier molecular flexibility index (Phi) is 4.45. The van der Waals surface area contributed by atoms with E-state index in [0.29, 0.717) is 16.7 Å².